The molecule has 0 saturated heterocycles. The molecule has 1 atom stereocenters. The van der Waals surface area contributed by atoms with Crippen LogP contribution in [0.25, 0.3) is 32.7 Å². The second kappa shape index (κ2) is 14.7. The Hall–Kier alpha value is -4.98. The number of tetrazole rings is 1. The fourth-order valence-corrected chi connectivity index (χ4v) is 9.71. The van der Waals surface area contributed by atoms with Gasteiger partial charge in [-0.2, -0.15) is 4.80 Å². The third-order valence-corrected chi connectivity index (χ3v) is 12.2. The zero-order chi connectivity index (χ0) is 36.3. The van der Waals surface area contributed by atoms with Crippen molar-refractivity contribution < 1.29 is 31.4 Å². The summed E-state index contributed by atoms with van der Waals surface area (Å²) in [5, 5.41) is 22.9. The number of nitrogen functional groups attached to an aromatic ring is 1. The van der Waals surface area contributed by atoms with Gasteiger partial charge in [-0.1, -0.05) is 53.8 Å². The van der Waals surface area contributed by atoms with E-state index < -0.39 is 48.1 Å². The minimum absolute atomic E-state index is 0.129. The highest BCUT2D eigenvalue weighted by molar-refractivity contribution is 7.93. The number of thiazole rings is 1. The number of sulfonamides is 1. The Morgan fingerprint density at radius 2 is 1.57 bits per heavy atom. The second-order valence-electron chi connectivity index (χ2n) is 11.4. The lowest BCUT2D eigenvalue weighted by atomic mass is 9.98. The maximum absolute atomic E-state index is 14.5. The summed E-state index contributed by atoms with van der Waals surface area (Å²) in [6.07, 6.45) is 0. The van der Waals surface area contributed by atoms with Gasteiger partial charge >= 0.3 is 0 Å². The van der Waals surface area contributed by atoms with Crippen LogP contribution in [-0.4, -0.2) is 79.8 Å². The van der Waals surface area contributed by atoms with Crippen LogP contribution in [0.5, 0.6) is 11.5 Å². The molecule has 51 heavy (non-hydrogen) atoms. The van der Waals surface area contributed by atoms with Gasteiger partial charge in [0.1, 0.15) is 16.4 Å². The number of nitrogens with zero attached hydrogens (tertiary/aromatic N) is 5. The molecule has 6 rings (SSSR count). The Labute approximate surface area is 297 Å². The molecule has 266 valence electrons. The third kappa shape index (κ3) is 7.70. The minimum atomic E-state index is -4.68. The van der Waals surface area contributed by atoms with Gasteiger partial charge in [0, 0.05) is 18.2 Å². The molecule has 6 N–H and O–H groups in total. The number of rotatable bonds is 14. The molecule has 4 aromatic carbocycles. The molecule has 0 radical (unpaired) electrons. The van der Waals surface area contributed by atoms with Crippen molar-refractivity contribution in [1.82, 2.24) is 29.9 Å². The Balaban J connectivity index is 1.58. The molecule has 2 aromatic heterocycles. The maximum Gasteiger partial charge on any atom is 0.242 e. The number of nitrogens with two attached hydrogens (primary N) is 2. The maximum atomic E-state index is 14.5. The lowest BCUT2D eigenvalue weighted by molar-refractivity contribution is 0.274. The molecule has 18 heteroatoms. The standard InChI is InChI=1S/C33H34N8O7S3/c1-47-23-10-6-20(7-11-23)16-36-51(45,46)31-28(50(43,44)19-22(34)18-42)15-14-25(26-4-3-5-27-30(26)37-33(35)49-27)29(31)32-38-40-41(39-32)17-21-8-12-24(48-2)13-9-21/h3-15,22,36,42H,16-19,34H2,1-2H3,(H2,35,37). The van der Waals surface area contributed by atoms with Crippen molar-refractivity contribution >= 4 is 46.5 Å². The fraction of sp³-hybridized carbons (Fsp3) is 0.212. The summed E-state index contributed by atoms with van der Waals surface area (Å²) >= 11 is 1.24. The monoisotopic (exact) mass is 750 g/mol. The summed E-state index contributed by atoms with van der Waals surface area (Å²) in [6.45, 7) is -0.677. The predicted molar refractivity (Wildman–Crippen MR) is 193 cm³/mol. The van der Waals surface area contributed by atoms with E-state index in [0.717, 1.165) is 10.3 Å². The molecule has 0 amide bonds. The Bertz CT molecular complexity index is 2400. The number of para-hydroxylation sites is 1. The lowest BCUT2D eigenvalue weighted by Gasteiger charge is -2.19. The SMILES string of the molecule is COc1ccc(CNS(=O)(=O)c2c(S(=O)(=O)CC(N)CO)ccc(-c3cccc4sc(N)nc34)c2-c2nnn(Cc3ccc(OC)cc3)n2)cc1. The number of methoxy groups -OCH3 is 2. The number of benzene rings is 4. The molecule has 6 aromatic rings. The predicted octanol–water partition coefficient (Wildman–Crippen LogP) is 2.84. The smallest absolute Gasteiger partial charge is 0.242 e. The molecule has 0 saturated carbocycles. The quantitative estimate of drug-likeness (QED) is 0.126. The van der Waals surface area contributed by atoms with Gasteiger partial charge in [-0.3, -0.25) is 0 Å². The first-order valence-electron chi connectivity index (χ1n) is 15.4. The molecule has 15 nitrogen and oxygen atoms in total. The summed E-state index contributed by atoms with van der Waals surface area (Å²) in [5.74, 6) is 0.334. The van der Waals surface area contributed by atoms with Gasteiger partial charge in [-0.25, -0.2) is 26.5 Å². The van der Waals surface area contributed by atoms with Crippen LogP contribution < -0.4 is 25.7 Å². The Morgan fingerprint density at radius 3 is 2.22 bits per heavy atom. The van der Waals surface area contributed by atoms with Crippen molar-refractivity contribution in [1.29, 1.82) is 0 Å². The molecular formula is C33H34N8O7S3. The van der Waals surface area contributed by atoms with E-state index in [1.807, 2.05) is 18.2 Å². The average Bonchev–Trinajstić information content (AvgIpc) is 3.76. The number of aliphatic hydroxyl groups is 1. The highest BCUT2D eigenvalue weighted by Gasteiger charge is 2.35. The highest BCUT2D eigenvalue weighted by atomic mass is 32.2. The number of ether oxygens (including phenoxy) is 2. The summed E-state index contributed by atoms with van der Waals surface area (Å²) in [5.41, 5.74) is 14.4. The van der Waals surface area contributed by atoms with Crippen LogP contribution in [-0.2, 0) is 33.0 Å². The van der Waals surface area contributed by atoms with E-state index in [1.54, 1.807) is 55.6 Å². The third-order valence-electron chi connectivity index (χ3n) is 7.90. The number of sulfone groups is 1. The number of hydrogen-bond donors (Lipinski definition) is 4. The van der Waals surface area contributed by atoms with Crippen molar-refractivity contribution in [3.05, 3.63) is 90.0 Å². The highest BCUT2D eigenvalue weighted by Crippen LogP contribution is 2.42. The van der Waals surface area contributed by atoms with Crippen molar-refractivity contribution in [2.24, 2.45) is 5.73 Å². The van der Waals surface area contributed by atoms with E-state index >= 15 is 0 Å². The van der Waals surface area contributed by atoms with E-state index in [4.69, 9.17) is 20.9 Å². The molecule has 1 unspecified atom stereocenters. The summed E-state index contributed by atoms with van der Waals surface area (Å²) < 4.78 is 70.7. The van der Waals surface area contributed by atoms with E-state index in [-0.39, 0.29) is 35.2 Å². The van der Waals surface area contributed by atoms with Gasteiger partial charge in [0.15, 0.2) is 15.0 Å². The summed E-state index contributed by atoms with van der Waals surface area (Å²) in [4.78, 5) is 4.60. The van der Waals surface area contributed by atoms with Gasteiger partial charge in [-0.15, -0.1) is 10.2 Å². The zero-order valence-corrected chi connectivity index (χ0v) is 29.9. The van der Waals surface area contributed by atoms with Crippen LogP contribution in [0.4, 0.5) is 5.13 Å². The molecule has 0 aliphatic rings. The number of anilines is 1. The molecular weight excluding hydrogens is 717 g/mol. The molecule has 2 heterocycles. The van der Waals surface area contributed by atoms with Crippen LogP contribution >= 0.6 is 11.3 Å². The van der Waals surface area contributed by atoms with Crippen LogP contribution in [0, 0.1) is 0 Å². The molecule has 0 aliphatic carbocycles. The van der Waals surface area contributed by atoms with E-state index in [0.29, 0.717) is 28.1 Å². The van der Waals surface area contributed by atoms with Crippen LogP contribution in [0.15, 0.2) is 88.7 Å². The Morgan fingerprint density at radius 1 is 0.902 bits per heavy atom. The minimum Gasteiger partial charge on any atom is -0.497 e. The van der Waals surface area contributed by atoms with Gasteiger partial charge in [-0.05, 0) is 58.3 Å². The van der Waals surface area contributed by atoms with E-state index in [2.05, 4.69) is 25.1 Å². The molecule has 0 aliphatic heterocycles. The Kier molecular flexibility index (Phi) is 10.3. The number of nitrogens with one attached hydrogen (secondary N) is 1. The number of aliphatic hydroxyl groups excluding tert-OH is 1. The zero-order valence-electron chi connectivity index (χ0n) is 27.4. The average molecular weight is 751 g/mol. The molecule has 0 bridgehead atoms. The van der Waals surface area contributed by atoms with Gasteiger partial charge in [0.2, 0.25) is 15.8 Å². The van der Waals surface area contributed by atoms with Crippen molar-refractivity contribution in [2.75, 3.05) is 32.3 Å². The van der Waals surface area contributed by atoms with Crippen molar-refractivity contribution in [2.45, 2.75) is 28.9 Å². The van der Waals surface area contributed by atoms with Gasteiger partial charge in [0.05, 0.1) is 53.8 Å². The first-order valence-corrected chi connectivity index (χ1v) is 19.3. The van der Waals surface area contributed by atoms with Gasteiger partial charge < -0.3 is 26.0 Å². The normalized spacial score (nSPS) is 12.6. The van der Waals surface area contributed by atoms with Gasteiger partial charge in [0.25, 0.3) is 0 Å². The largest absolute Gasteiger partial charge is 0.497 e. The fourth-order valence-electron chi connectivity index (χ4n) is 5.43. The number of aromatic nitrogens is 5. The topological polar surface area (TPSA) is 228 Å². The van der Waals surface area contributed by atoms with Crippen molar-refractivity contribution in [3.63, 3.8) is 0 Å². The lowest BCUT2D eigenvalue weighted by Crippen LogP contribution is -2.34. The first-order chi connectivity index (χ1) is 24.4. The second-order valence-corrected chi connectivity index (χ2v) is 16.2. The first kappa shape index (κ1) is 35.8. The molecule has 0 spiro atoms. The van der Waals surface area contributed by atoms with Crippen molar-refractivity contribution in [3.8, 4) is 34.0 Å². The van der Waals surface area contributed by atoms with E-state index in [1.165, 1.54) is 35.4 Å². The molecule has 0 fully saturated rings. The van der Waals surface area contributed by atoms with Crippen LogP contribution in [0.2, 0.25) is 0 Å². The summed E-state index contributed by atoms with van der Waals surface area (Å²) in [6, 6.07) is 20.7. The van der Waals surface area contributed by atoms with Crippen LogP contribution in [0.3, 0.4) is 0 Å². The van der Waals surface area contributed by atoms with E-state index in [9.17, 15) is 21.9 Å². The van der Waals surface area contributed by atoms with Crippen LogP contribution in [0.1, 0.15) is 11.1 Å². The number of fused-ring (bicyclic) bond motifs is 1. The summed E-state index contributed by atoms with van der Waals surface area (Å²) in [7, 11) is -6.06. The number of hydrogen-bond acceptors (Lipinski definition) is 14.